The average Bonchev–Trinajstić information content (AvgIpc) is 2.45. The molecule has 0 amide bonds. The molecule has 1 fully saturated rings. The highest BCUT2D eigenvalue weighted by molar-refractivity contribution is 5.76. The number of carbonyl (C=O) groups is 1. The Morgan fingerprint density at radius 1 is 1.26 bits per heavy atom. The van der Waals surface area contributed by atoms with Crippen molar-refractivity contribution in [2.24, 2.45) is 11.8 Å². The summed E-state index contributed by atoms with van der Waals surface area (Å²) >= 11 is 0. The molecule has 1 saturated heterocycles. The summed E-state index contributed by atoms with van der Waals surface area (Å²) < 4.78 is 10.9. The topological polar surface area (TPSA) is 62.6 Å². The molecule has 0 bridgehead atoms. The minimum atomic E-state index is -0.709. The van der Waals surface area contributed by atoms with E-state index in [1.807, 2.05) is 27.7 Å². The van der Waals surface area contributed by atoms with Gasteiger partial charge in [-0.1, -0.05) is 13.3 Å². The van der Waals surface area contributed by atoms with E-state index in [1.54, 1.807) is 0 Å². The first-order valence-corrected chi connectivity index (χ1v) is 8.56. The number of esters is 1. The zero-order valence-electron chi connectivity index (χ0n) is 15.5. The number of ether oxygens (including phenoxy) is 2. The number of rotatable bonds is 6. The second kappa shape index (κ2) is 8.12. The van der Waals surface area contributed by atoms with Gasteiger partial charge in [0, 0.05) is 18.6 Å². The van der Waals surface area contributed by atoms with Crippen LogP contribution in [-0.2, 0) is 14.3 Å². The fraction of sp³-hybridized carbons (Fsp3) is 0.889. The van der Waals surface area contributed by atoms with Crippen LogP contribution in [0.25, 0.3) is 0 Å². The van der Waals surface area contributed by atoms with Crippen molar-refractivity contribution in [3.63, 3.8) is 0 Å². The van der Waals surface area contributed by atoms with Crippen LogP contribution in [0.5, 0.6) is 0 Å². The molecule has 0 aromatic rings. The zero-order valence-corrected chi connectivity index (χ0v) is 15.5. The third kappa shape index (κ3) is 6.12. The molecule has 1 aliphatic rings. The van der Waals surface area contributed by atoms with E-state index in [0.29, 0.717) is 0 Å². The van der Waals surface area contributed by atoms with E-state index in [-0.39, 0.29) is 11.5 Å². The minimum absolute atomic E-state index is 0.00676. The van der Waals surface area contributed by atoms with Gasteiger partial charge in [0.25, 0.3) is 0 Å². The Kier molecular flexibility index (Phi) is 7.03. The SMILES string of the molecule is CCC(CC(C)(C)N1CCOCC1)C(C#N)C(=O)OC(C)(C)C. The standard InChI is InChI=1S/C18H32N2O3/c1-7-14(15(13-19)16(21)23-17(2,3)4)12-18(5,6)20-8-10-22-11-9-20/h14-15H,7-12H2,1-6H3. The van der Waals surface area contributed by atoms with Crippen molar-refractivity contribution in [3.8, 4) is 6.07 Å². The molecule has 0 N–H and O–H groups in total. The van der Waals surface area contributed by atoms with Gasteiger partial charge in [-0.3, -0.25) is 9.69 Å². The highest BCUT2D eigenvalue weighted by Crippen LogP contribution is 2.31. The number of hydrogen-bond acceptors (Lipinski definition) is 5. The highest BCUT2D eigenvalue weighted by Gasteiger charge is 2.37. The Morgan fingerprint density at radius 2 is 1.83 bits per heavy atom. The van der Waals surface area contributed by atoms with Gasteiger partial charge in [-0.15, -0.1) is 0 Å². The van der Waals surface area contributed by atoms with Crippen molar-refractivity contribution < 1.29 is 14.3 Å². The van der Waals surface area contributed by atoms with Gasteiger partial charge in [-0.2, -0.15) is 5.26 Å². The second-order valence-corrected chi connectivity index (χ2v) is 7.92. The quantitative estimate of drug-likeness (QED) is 0.703. The predicted molar refractivity (Wildman–Crippen MR) is 89.8 cm³/mol. The molecule has 1 rings (SSSR count). The lowest BCUT2D eigenvalue weighted by Crippen LogP contribution is -2.51. The van der Waals surface area contributed by atoms with Gasteiger partial charge in [-0.05, 0) is 47.0 Å². The van der Waals surface area contributed by atoms with Gasteiger partial charge in [0.2, 0.25) is 0 Å². The molecule has 132 valence electrons. The first-order valence-electron chi connectivity index (χ1n) is 8.56. The van der Waals surface area contributed by atoms with Crippen molar-refractivity contribution in [2.75, 3.05) is 26.3 Å². The molecule has 0 saturated carbocycles. The maximum absolute atomic E-state index is 12.4. The molecule has 5 heteroatoms. The summed E-state index contributed by atoms with van der Waals surface area (Å²) in [6.45, 7) is 15.2. The number of nitriles is 1. The van der Waals surface area contributed by atoms with Crippen molar-refractivity contribution in [1.29, 1.82) is 5.26 Å². The summed E-state index contributed by atoms with van der Waals surface area (Å²) in [6.07, 6.45) is 1.58. The van der Waals surface area contributed by atoms with Gasteiger partial charge in [-0.25, -0.2) is 0 Å². The van der Waals surface area contributed by atoms with E-state index in [1.165, 1.54) is 0 Å². The van der Waals surface area contributed by atoms with Gasteiger partial charge in [0.05, 0.1) is 19.3 Å². The molecule has 0 spiro atoms. The Hall–Kier alpha value is -1.12. The number of hydrogen-bond donors (Lipinski definition) is 0. The van der Waals surface area contributed by atoms with Gasteiger partial charge in [0.15, 0.2) is 0 Å². The third-order valence-electron chi connectivity index (χ3n) is 4.42. The molecule has 2 unspecified atom stereocenters. The maximum Gasteiger partial charge on any atom is 0.324 e. The second-order valence-electron chi connectivity index (χ2n) is 7.92. The Morgan fingerprint density at radius 3 is 2.26 bits per heavy atom. The normalized spacial score (nSPS) is 19.7. The Balaban J connectivity index is 2.80. The lowest BCUT2D eigenvalue weighted by Gasteiger charge is -2.43. The fourth-order valence-corrected chi connectivity index (χ4v) is 3.15. The van der Waals surface area contributed by atoms with Gasteiger partial charge < -0.3 is 9.47 Å². The monoisotopic (exact) mass is 324 g/mol. The van der Waals surface area contributed by atoms with E-state index in [4.69, 9.17) is 9.47 Å². The van der Waals surface area contributed by atoms with Crippen molar-refractivity contribution in [3.05, 3.63) is 0 Å². The average molecular weight is 324 g/mol. The molecule has 5 nitrogen and oxygen atoms in total. The van der Waals surface area contributed by atoms with Crippen LogP contribution < -0.4 is 0 Å². The predicted octanol–water partition coefficient (Wildman–Crippen LogP) is 2.99. The van der Waals surface area contributed by atoms with Crippen LogP contribution in [0.4, 0.5) is 0 Å². The largest absolute Gasteiger partial charge is 0.459 e. The highest BCUT2D eigenvalue weighted by atomic mass is 16.6. The van der Waals surface area contributed by atoms with Crippen molar-refractivity contribution in [2.45, 2.75) is 65.5 Å². The van der Waals surface area contributed by atoms with E-state index < -0.39 is 17.5 Å². The minimum Gasteiger partial charge on any atom is -0.459 e. The van der Waals surface area contributed by atoms with Crippen LogP contribution in [0.1, 0.15) is 54.4 Å². The van der Waals surface area contributed by atoms with Crippen molar-refractivity contribution in [1.82, 2.24) is 4.90 Å². The molecule has 0 aromatic carbocycles. The van der Waals surface area contributed by atoms with Crippen LogP contribution >= 0.6 is 0 Å². The summed E-state index contributed by atoms with van der Waals surface area (Å²) in [5, 5.41) is 9.52. The first kappa shape index (κ1) is 19.9. The Labute approximate surface area is 140 Å². The number of morpholine rings is 1. The summed E-state index contributed by atoms with van der Waals surface area (Å²) in [4.78, 5) is 14.8. The number of nitrogens with zero attached hydrogens (tertiary/aromatic N) is 2. The molecular formula is C18H32N2O3. The van der Waals surface area contributed by atoms with E-state index in [2.05, 4.69) is 24.8 Å². The van der Waals surface area contributed by atoms with Crippen molar-refractivity contribution >= 4 is 5.97 Å². The van der Waals surface area contributed by atoms with Crippen LogP contribution in [0, 0.1) is 23.2 Å². The summed E-state index contributed by atoms with van der Waals surface area (Å²) in [7, 11) is 0. The van der Waals surface area contributed by atoms with Crippen LogP contribution in [0.3, 0.4) is 0 Å². The van der Waals surface area contributed by atoms with Gasteiger partial charge >= 0.3 is 5.97 Å². The summed E-state index contributed by atoms with van der Waals surface area (Å²) in [5.41, 5.74) is -0.633. The summed E-state index contributed by atoms with van der Waals surface area (Å²) in [6, 6.07) is 2.18. The molecule has 0 aromatic heterocycles. The Bertz CT molecular complexity index is 429. The maximum atomic E-state index is 12.4. The van der Waals surface area contributed by atoms with E-state index in [0.717, 1.165) is 39.1 Å². The molecule has 1 heterocycles. The summed E-state index contributed by atoms with van der Waals surface area (Å²) in [5.74, 6) is -1.11. The van der Waals surface area contributed by atoms with E-state index in [9.17, 15) is 10.1 Å². The zero-order chi connectivity index (χ0) is 17.7. The number of carbonyl (C=O) groups excluding carboxylic acids is 1. The first-order chi connectivity index (χ1) is 10.6. The molecule has 2 atom stereocenters. The molecule has 23 heavy (non-hydrogen) atoms. The molecule has 0 radical (unpaired) electrons. The van der Waals surface area contributed by atoms with Crippen LogP contribution in [0.15, 0.2) is 0 Å². The molecule has 1 aliphatic heterocycles. The molecular weight excluding hydrogens is 292 g/mol. The van der Waals surface area contributed by atoms with Gasteiger partial charge in [0.1, 0.15) is 11.5 Å². The van der Waals surface area contributed by atoms with E-state index >= 15 is 0 Å². The smallest absolute Gasteiger partial charge is 0.324 e. The van der Waals surface area contributed by atoms with Crippen LogP contribution in [-0.4, -0.2) is 48.3 Å². The lowest BCUT2D eigenvalue weighted by atomic mass is 9.80. The third-order valence-corrected chi connectivity index (χ3v) is 4.42. The molecule has 0 aliphatic carbocycles. The fourth-order valence-electron chi connectivity index (χ4n) is 3.15. The van der Waals surface area contributed by atoms with Crippen LogP contribution in [0.2, 0.25) is 0 Å². The lowest BCUT2D eigenvalue weighted by molar-refractivity contribution is -0.160.